The smallest absolute Gasteiger partial charge is 0.251 e. The number of hydrogen-bond donors (Lipinski definition) is 0. The first-order chi connectivity index (χ1) is 13.0. The lowest BCUT2D eigenvalue weighted by Gasteiger charge is -2.17. The van der Waals surface area contributed by atoms with Gasteiger partial charge in [-0.25, -0.2) is 0 Å². The molecule has 0 aliphatic carbocycles. The molecule has 0 bridgehead atoms. The van der Waals surface area contributed by atoms with Crippen molar-refractivity contribution in [2.45, 2.75) is 6.18 Å². The van der Waals surface area contributed by atoms with Gasteiger partial charge in [0.05, 0.1) is 30.1 Å². The van der Waals surface area contributed by atoms with Gasteiger partial charge in [0.2, 0.25) is 0 Å². The highest BCUT2D eigenvalue weighted by Gasteiger charge is 2.37. The lowest BCUT2D eigenvalue weighted by Crippen LogP contribution is -2.10. The molecule has 0 aliphatic rings. The van der Waals surface area contributed by atoms with Gasteiger partial charge in [0.15, 0.2) is 5.69 Å². The van der Waals surface area contributed by atoms with Gasteiger partial charge >= 0.3 is 6.18 Å². The molecule has 0 N–H and O–H groups in total. The molecule has 10 heteroatoms. The molecule has 0 saturated heterocycles. The van der Waals surface area contributed by atoms with Gasteiger partial charge in [0, 0.05) is 28.5 Å². The number of hydrogen-bond acceptors (Lipinski definition) is 1. The molecule has 0 atom stereocenters. The largest absolute Gasteiger partial charge is 0.433 e. The number of halogens is 9. The summed E-state index contributed by atoms with van der Waals surface area (Å²) in [5, 5.41) is 0.318. The summed E-state index contributed by atoms with van der Waals surface area (Å²) in [4.78, 5) is 3.58. The molecule has 0 fully saturated rings. The second-order valence-corrected chi connectivity index (χ2v) is 7.94. The van der Waals surface area contributed by atoms with Crippen LogP contribution in [0.5, 0.6) is 0 Å². The van der Waals surface area contributed by atoms with E-state index in [0.717, 1.165) is 6.20 Å². The van der Waals surface area contributed by atoms with Gasteiger partial charge < -0.3 is 0 Å². The van der Waals surface area contributed by atoms with E-state index in [1.807, 2.05) is 0 Å². The van der Waals surface area contributed by atoms with Crippen molar-refractivity contribution in [1.29, 1.82) is 0 Å². The second kappa shape index (κ2) is 8.10. The fourth-order valence-corrected chi connectivity index (χ4v) is 4.06. The molecule has 3 rings (SSSR count). The van der Waals surface area contributed by atoms with Crippen LogP contribution >= 0.6 is 69.6 Å². The van der Waals surface area contributed by atoms with Crippen molar-refractivity contribution in [2.75, 3.05) is 0 Å². The van der Waals surface area contributed by atoms with Gasteiger partial charge in [-0.3, -0.25) is 4.98 Å². The van der Waals surface area contributed by atoms with Crippen LogP contribution in [0.1, 0.15) is 5.69 Å². The molecule has 0 spiro atoms. The third kappa shape index (κ3) is 4.04. The predicted octanol–water partition coefficient (Wildman–Crippen LogP) is 9.35. The normalized spacial score (nSPS) is 11.8. The molecule has 3 aromatic rings. The standard InChI is InChI=1S/C18H6Cl6F3N/c19-9-1-3-11(21)15(23)13(9)7-5-8(17(28-6-7)18(25,26)27)14-10(20)2-4-12(22)16(14)24/h1-6H. The molecule has 0 saturated carbocycles. The Morgan fingerprint density at radius 1 is 0.679 bits per heavy atom. The molecule has 1 nitrogen and oxygen atoms in total. The maximum Gasteiger partial charge on any atom is 0.433 e. The lowest BCUT2D eigenvalue weighted by molar-refractivity contribution is -0.140. The molecular formula is C18H6Cl6F3N. The monoisotopic (exact) mass is 503 g/mol. The average Bonchev–Trinajstić information content (AvgIpc) is 2.61. The van der Waals surface area contributed by atoms with E-state index in [1.54, 1.807) is 0 Å². The molecule has 28 heavy (non-hydrogen) atoms. The third-order valence-corrected chi connectivity index (χ3v) is 6.04. The van der Waals surface area contributed by atoms with Crippen LogP contribution in [0, 0.1) is 0 Å². The number of pyridine rings is 1. The Bertz CT molecular complexity index is 1080. The van der Waals surface area contributed by atoms with Crippen LogP contribution in [0.3, 0.4) is 0 Å². The Labute approximate surface area is 187 Å². The van der Waals surface area contributed by atoms with Crippen molar-refractivity contribution in [3.63, 3.8) is 0 Å². The van der Waals surface area contributed by atoms with Crippen molar-refractivity contribution in [1.82, 2.24) is 4.98 Å². The number of rotatable bonds is 2. The molecule has 0 unspecified atom stereocenters. The van der Waals surface area contributed by atoms with E-state index in [4.69, 9.17) is 69.6 Å². The fraction of sp³-hybridized carbons (Fsp3) is 0.0556. The van der Waals surface area contributed by atoms with E-state index in [-0.39, 0.29) is 52.4 Å². The highest BCUT2D eigenvalue weighted by atomic mass is 35.5. The molecular weight excluding hydrogens is 500 g/mol. The van der Waals surface area contributed by atoms with Gasteiger partial charge in [0.25, 0.3) is 0 Å². The zero-order valence-electron chi connectivity index (χ0n) is 13.3. The van der Waals surface area contributed by atoms with Crippen LogP contribution in [-0.4, -0.2) is 4.98 Å². The summed E-state index contributed by atoms with van der Waals surface area (Å²) < 4.78 is 40.8. The quantitative estimate of drug-likeness (QED) is 0.316. The number of benzene rings is 2. The molecule has 0 radical (unpaired) electrons. The topological polar surface area (TPSA) is 12.9 Å². The Kier molecular flexibility index (Phi) is 6.31. The van der Waals surface area contributed by atoms with Crippen molar-refractivity contribution < 1.29 is 13.2 Å². The maximum atomic E-state index is 13.6. The first kappa shape index (κ1) is 21.8. The van der Waals surface area contributed by atoms with Crippen molar-refractivity contribution in [3.8, 4) is 22.3 Å². The van der Waals surface area contributed by atoms with Crippen LogP contribution in [0.15, 0.2) is 36.5 Å². The van der Waals surface area contributed by atoms with Gasteiger partial charge in [0.1, 0.15) is 0 Å². The summed E-state index contributed by atoms with van der Waals surface area (Å²) in [5.41, 5.74) is -1.22. The Morgan fingerprint density at radius 2 is 1.14 bits per heavy atom. The van der Waals surface area contributed by atoms with Gasteiger partial charge in [-0.2, -0.15) is 13.2 Å². The third-order valence-electron chi connectivity index (χ3n) is 3.80. The molecule has 146 valence electrons. The van der Waals surface area contributed by atoms with E-state index >= 15 is 0 Å². The van der Waals surface area contributed by atoms with E-state index < -0.39 is 11.9 Å². The maximum absolute atomic E-state index is 13.6. The predicted molar refractivity (Wildman–Crippen MR) is 110 cm³/mol. The molecule has 1 aromatic heterocycles. The van der Waals surface area contributed by atoms with Crippen LogP contribution < -0.4 is 0 Å². The summed E-state index contributed by atoms with van der Waals surface area (Å²) >= 11 is 36.7. The zero-order chi connectivity index (χ0) is 20.8. The Hall–Kier alpha value is -0.880. The summed E-state index contributed by atoms with van der Waals surface area (Å²) in [5.74, 6) is 0. The first-order valence-corrected chi connectivity index (χ1v) is 9.64. The van der Waals surface area contributed by atoms with Crippen molar-refractivity contribution >= 4 is 69.6 Å². The van der Waals surface area contributed by atoms with E-state index in [2.05, 4.69) is 4.98 Å². The highest BCUT2D eigenvalue weighted by molar-refractivity contribution is 6.47. The van der Waals surface area contributed by atoms with E-state index in [9.17, 15) is 13.2 Å². The summed E-state index contributed by atoms with van der Waals surface area (Å²) in [6, 6.07) is 6.87. The molecule has 0 amide bonds. The molecule has 0 aliphatic heterocycles. The fourth-order valence-electron chi connectivity index (χ4n) is 2.58. The van der Waals surface area contributed by atoms with E-state index in [0.29, 0.717) is 0 Å². The minimum absolute atomic E-state index is 0.0258. The zero-order valence-corrected chi connectivity index (χ0v) is 17.8. The summed E-state index contributed by atoms with van der Waals surface area (Å²) in [7, 11) is 0. The van der Waals surface area contributed by atoms with Gasteiger partial charge in [-0.15, -0.1) is 0 Å². The van der Waals surface area contributed by atoms with Gasteiger partial charge in [-0.05, 0) is 30.3 Å². The Balaban J connectivity index is 2.39. The van der Waals surface area contributed by atoms with Crippen molar-refractivity contribution in [2.24, 2.45) is 0 Å². The molecule has 2 aromatic carbocycles. The minimum atomic E-state index is -4.77. The minimum Gasteiger partial charge on any atom is -0.251 e. The lowest BCUT2D eigenvalue weighted by atomic mass is 9.98. The molecule has 1 heterocycles. The van der Waals surface area contributed by atoms with Crippen LogP contribution in [0.25, 0.3) is 22.3 Å². The van der Waals surface area contributed by atoms with Gasteiger partial charge in [-0.1, -0.05) is 69.6 Å². The van der Waals surface area contributed by atoms with Crippen LogP contribution in [-0.2, 0) is 6.18 Å². The first-order valence-electron chi connectivity index (χ1n) is 7.37. The second-order valence-electron chi connectivity index (χ2n) is 5.55. The average molecular weight is 506 g/mol. The SMILES string of the molecule is FC(F)(F)c1ncc(-c2c(Cl)ccc(Cl)c2Cl)cc1-c1c(Cl)ccc(Cl)c1Cl. The van der Waals surface area contributed by atoms with E-state index in [1.165, 1.54) is 30.3 Å². The van der Waals surface area contributed by atoms with Crippen molar-refractivity contribution in [3.05, 3.63) is 72.4 Å². The highest BCUT2D eigenvalue weighted by Crippen LogP contribution is 2.46. The Morgan fingerprint density at radius 3 is 1.68 bits per heavy atom. The number of alkyl halides is 3. The van der Waals surface area contributed by atoms with Crippen LogP contribution in [0.4, 0.5) is 13.2 Å². The summed E-state index contributed by atoms with van der Waals surface area (Å²) in [6.45, 7) is 0. The number of nitrogens with zero attached hydrogens (tertiary/aromatic N) is 1. The number of aromatic nitrogens is 1. The summed E-state index contributed by atoms with van der Waals surface area (Å²) in [6.07, 6.45) is -3.77. The van der Waals surface area contributed by atoms with Crippen LogP contribution in [0.2, 0.25) is 30.1 Å².